The normalized spacial score (nSPS) is 12.9. The maximum atomic E-state index is 14.0. The molecule has 0 heterocycles. The van der Waals surface area contributed by atoms with Crippen LogP contribution in [0.25, 0.3) is 0 Å². The Balaban J connectivity index is 2.05. The van der Waals surface area contributed by atoms with E-state index in [9.17, 15) is 18.0 Å². The molecule has 0 aliphatic rings. The van der Waals surface area contributed by atoms with Crippen molar-refractivity contribution in [2.75, 3.05) is 10.8 Å². The van der Waals surface area contributed by atoms with Crippen molar-refractivity contribution in [2.45, 2.75) is 57.6 Å². The highest BCUT2D eigenvalue weighted by Gasteiger charge is 2.33. The van der Waals surface area contributed by atoms with Gasteiger partial charge in [-0.25, -0.2) is 8.42 Å². The first-order chi connectivity index (χ1) is 18.8. The number of carbonyl (C=O) groups is 2. The smallest absolute Gasteiger partial charge is 0.264 e. The number of hydrogen-bond donors (Lipinski definition) is 1. The number of anilines is 1. The van der Waals surface area contributed by atoms with E-state index in [1.165, 1.54) is 23.1 Å². The Morgan fingerprint density at radius 2 is 1.57 bits per heavy atom. The minimum absolute atomic E-state index is 0.0146. The summed E-state index contributed by atoms with van der Waals surface area (Å²) in [7, 11) is -4.19. The van der Waals surface area contributed by atoms with Gasteiger partial charge in [0.15, 0.2) is 0 Å². The molecule has 3 rings (SSSR count). The van der Waals surface area contributed by atoms with Gasteiger partial charge in [0.1, 0.15) is 12.6 Å². The van der Waals surface area contributed by atoms with Crippen LogP contribution in [0.1, 0.15) is 38.3 Å². The van der Waals surface area contributed by atoms with Crippen molar-refractivity contribution in [3.05, 3.63) is 92.9 Å². The van der Waals surface area contributed by atoms with E-state index >= 15 is 0 Å². The zero-order valence-electron chi connectivity index (χ0n) is 22.7. The summed E-state index contributed by atoms with van der Waals surface area (Å²) in [4.78, 5) is 28.4. The van der Waals surface area contributed by atoms with Gasteiger partial charge in [0.2, 0.25) is 11.8 Å². The highest BCUT2D eigenvalue weighted by atomic mass is 35.5. The Bertz CT molecular complexity index is 1470. The van der Waals surface area contributed by atoms with Gasteiger partial charge in [0.25, 0.3) is 10.0 Å². The quantitative estimate of drug-likeness (QED) is 0.265. The molecule has 0 saturated heterocycles. The molecule has 0 radical (unpaired) electrons. The lowest BCUT2D eigenvalue weighted by Gasteiger charge is -2.32. The summed E-state index contributed by atoms with van der Waals surface area (Å²) in [5, 5.41) is 3.94. The van der Waals surface area contributed by atoms with E-state index in [0.29, 0.717) is 27.1 Å². The molecule has 7 nitrogen and oxygen atoms in total. The standard InChI is InChI=1S/C29H32Cl3N3O4S/c1-5-20(3)33-29(37)21(4)34(17-22-11-12-24(31)16-27(22)32)28(36)18-35(25-8-6-7-23(30)15-25)40(38,39)26-13-9-19(2)10-14-26/h6-16,20-21H,5,17-18H2,1-4H3,(H,33,37)/t20-,21-/m0/s1. The third-order valence-electron chi connectivity index (χ3n) is 6.51. The molecule has 2 atom stereocenters. The van der Waals surface area contributed by atoms with Crippen molar-refractivity contribution in [2.24, 2.45) is 0 Å². The molecule has 2 amide bonds. The van der Waals surface area contributed by atoms with Crippen molar-refractivity contribution in [3.63, 3.8) is 0 Å². The first kappa shape index (κ1) is 31.7. The molecule has 0 unspecified atom stereocenters. The molecule has 214 valence electrons. The summed E-state index contributed by atoms with van der Waals surface area (Å²) >= 11 is 18.7. The fraction of sp³-hybridized carbons (Fsp3) is 0.310. The summed E-state index contributed by atoms with van der Waals surface area (Å²) in [5.74, 6) is -0.975. The number of aryl methyl sites for hydroxylation is 1. The SMILES string of the molecule is CC[C@H](C)NC(=O)[C@H](C)N(Cc1ccc(Cl)cc1Cl)C(=O)CN(c1cccc(Cl)c1)S(=O)(=O)c1ccc(C)cc1. The monoisotopic (exact) mass is 623 g/mol. The van der Waals surface area contributed by atoms with Crippen LogP contribution in [0.4, 0.5) is 5.69 Å². The van der Waals surface area contributed by atoms with E-state index in [1.807, 2.05) is 20.8 Å². The molecule has 1 N–H and O–H groups in total. The number of carbonyl (C=O) groups excluding carboxylic acids is 2. The zero-order chi connectivity index (χ0) is 29.6. The van der Waals surface area contributed by atoms with E-state index in [0.717, 1.165) is 9.87 Å². The van der Waals surface area contributed by atoms with E-state index in [2.05, 4.69) is 5.32 Å². The van der Waals surface area contributed by atoms with Crippen molar-refractivity contribution < 1.29 is 18.0 Å². The van der Waals surface area contributed by atoms with Gasteiger partial charge in [-0.1, -0.05) is 71.6 Å². The van der Waals surface area contributed by atoms with Crippen LogP contribution >= 0.6 is 34.8 Å². The molecule has 0 aromatic heterocycles. The third-order valence-corrected chi connectivity index (χ3v) is 9.12. The van der Waals surface area contributed by atoms with Crippen LogP contribution in [0.15, 0.2) is 71.6 Å². The van der Waals surface area contributed by atoms with Crippen molar-refractivity contribution in [1.82, 2.24) is 10.2 Å². The average molecular weight is 625 g/mol. The predicted octanol–water partition coefficient (Wildman–Crippen LogP) is 6.48. The molecule has 3 aromatic carbocycles. The number of halogens is 3. The largest absolute Gasteiger partial charge is 0.352 e. The van der Waals surface area contributed by atoms with E-state index in [1.54, 1.807) is 55.5 Å². The number of amides is 2. The molecule has 0 bridgehead atoms. The molecule has 0 aliphatic heterocycles. The van der Waals surface area contributed by atoms with E-state index < -0.39 is 28.5 Å². The highest BCUT2D eigenvalue weighted by Crippen LogP contribution is 2.28. The van der Waals surface area contributed by atoms with Gasteiger partial charge in [-0.2, -0.15) is 0 Å². The lowest BCUT2D eigenvalue weighted by atomic mass is 10.1. The summed E-state index contributed by atoms with van der Waals surface area (Å²) < 4.78 is 28.7. The lowest BCUT2D eigenvalue weighted by molar-refractivity contribution is -0.139. The summed E-state index contributed by atoms with van der Waals surface area (Å²) in [5.41, 5.74) is 1.65. The van der Waals surface area contributed by atoms with Gasteiger partial charge in [-0.3, -0.25) is 13.9 Å². The number of nitrogens with zero attached hydrogens (tertiary/aromatic N) is 2. The average Bonchev–Trinajstić information content (AvgIpc) is 2.90. The third kappa shape index (κ3) is 7.91. The molecule has 0 spiro atoms. The second kappa shape index (κ2) is 13.7. The number of rotatable bonds is 11. The van der Waals surface area contributed by atoms with Crippen LogP contribution < -0.4 is 9.62 Å². The van der Waals surface area contributed by atoms with Crippen LogP contribution in [0.5, 0.6) is 0 Å². The Morgan fingerprint density at radius 3 is 2.17 bits per heavy atom. The molecular weight excluding hydrogens is 593 g/mol. The molecule has 0 aliphatic carbocycles. The Kier molecular flexibility index (Phi) is 10.9. The van der Waals surface area contributed by atoms with Crippen molar-refractivity contribution in [3.8, 4) is 0 Å². The van der Waals surface area contributed by atoms with Gasteiger partial charge in [-0.05, 0) is 75.2 Å². The topological polar surface area (TPSA) is 86.8 Å². The summed E-state index contributed by atoms with van der Waals surface area (Å²) in [6.07, 6.45) is 0.701. The van der Waals surface area contributed by atoms with Gasteiger partial charge >= 0.3 is 0 Å². The second-order valence-electron chi connectivity index (χ2n) is 9.56. The van der Waals surface area contributed by atoms with Gasteiger partial charge in [0, 0.05) is 27.7 Å². The van der Waals surface area contributed by atoms with Crippen LogP contribution in [0.3, 0.4) is 0 Å². The predicted molar refractivity (Wildman–Crippen MR) is 162 cm³/mol. The van der Waals surface area contributed by atoms with Crippen molar-refractivity contribution >= 4 is 62.3 Å². The molecule has 0 fully saturated rings. The maximum Gasteiger partial charge on any atom is 0.264 e. The highest BCUT2D eigenvalue weighted by molar-refractivity contribution is 7.92. The number of sulfonamides is 1. The first-order valence-electron chi connectivity index (χ1n) is 12.7. The minimum atomic E-state index is -4.19. The molecule has 40 heavy (non-hydrogen) atoms. The van der Waals surface area contributed by atoms with Gasteiger partial charge < -0.3 is 10.2 Å². The van der Waals surface area contributed by atoms with Gasteiger partial charge in [0.05, 0.1) is 10.6 Å². The minimum Gasteiger partial charge on any atom is -0.352 e. The number of nitrogens with one attached hydrogen (secondary N) is 1. The van der Waals surface area contributed by atoms with Gasteiger partial charge in [-0.15, -0.1) is 0 Å². The fourth-order valence-electron chi connectivity index (χ4n) is 3.88. The van der Waals surface area contributed by atoms with Crippen LogP contribution in [-0.4, -0.2) is 43.8 Å². The molecular formula is C29H32Cl3N3O4S. The van der Waals surface area contributed by atoms with Crippen LogP contribution in [-0.2, 0) is 26.2 Å². The molecule has 3 aromatic rings. The second-order valence-corrected chi connectivity index (χ2v) is 12.7. The maximum absolute atomic E-state index is 14.0. The zero-order valence-corrected chi connectivity index (χ0v) is 25.8. The fourth-order valence-corrected chi connectivity index (χ4v) is 5.94. The van der Waals surface area contributed by atoms with E-state index in [-0.39, 0.29) is 29.1 Å². The number of benzene rings is 3. The van der Waals surface area contributed by atoms with Crippen LogP contribution in [0.2, 0.25) is 15.1 Å². The van der Waals surface area contributed by atoms with Crippen molar-refractivity contribution in [1.29, 1.82) is 0 Å². The Hall–Kier alpha value is -2.78. The van der Waals surface area contributed by atoms with E-state index in [4.69, 9.17) is 34.8 Å². The Labute approximate surface area is 251 Å². The number of hydrogen-bond acceptors (Lipinski definition) is 4. The summed E-state index contributed by atoms with van der Waals surface area (Å²) in [6.45, 7) is 6.62. The first-order valence-corrected chi connectivity index (χ1v) is 15.3. The molecule has 11 heteroatoms. The summed E-state index contributed by atoms with van der Waals surface area (Å²) in [6, 6.07) is 16.4. The van der Waals surface area contributed by atoms with Crippen LogP contribution in [0, 0.1) is 6.92 Å². The lowest BCUT2D eigenvalue weighted by Crippen LogP contribution is -2.52. The Morgan fingerprint density at radius 1 is 0.925 bits per heavy atom. The molecule has 0 saturated carbocycles.